The number of benzene rings is 3. The number of fused-ring (bicyclic) bond motifs is 4. The molecule has 1 aliphatic heterocycles. The number of ether oxygens (including phenoxy) is 4. The minimum Gasteiger partial charge on any atom is -0.497 e. The molecule has 5 nitrogen and oxygen atoms in total. The maximum absolute atomic E-state index is 13.0. The molecule has 0 N–H and O–H groups in total. The highest BCUT2D eigenvalue weighted by atomic mass is 16.5. The molecule has 0 bridgehead atoms. The van der Waals surface area contributed by atoms with Crippen LogP contribution in [0.2, 0.25) is 0 Å². The number of carbonyl (C=O) groups is 1. The highest BCUT2D eigenvalue weighted by Crippen LogP contribution is 2.64. The predicted molar refractivity (Wildman–Crippen MR) is 151 cm³/mol. The summed E-state index contributed by atoms with van der Waals surface area (Å²) in [6, 6.07) is 21.8. The molecular formula is C34H38O5. The second-order valence-electron chi connectivity index (χ2n) is 11.3. The van der Waals surface area contributed by atoms with Gasteiger partial charge >= 0.3 is 0 Å². The summed E-state index contributed by atoms with van der Waals surface area (Å²) < 4.78 is 24.8. The van der Waals surface area contributed by atoms with Gasteiger partial charge in [-0.25, -0.2) is 0 Å². The van der Waals surface area contributed by atoms with Crippen molar-refractivity contribution in [1.29, 1.82) is 0 Å². The van der Waals surface area contributed by atoms with Crippen molar-refractivity contribution in [2.45, 2.75) is 68.8 Å². The number of ketones is 1. The van der Waals surface area contributed by atoms with Crippen LogP contribution in [0.5, 0.6) is 23.0 Å². The predicted octanol–water partition coefficient (Wildman–Crippen LogP) is 7.65. The van der Waals surface area contributed by atoms with Crippen molar-refractivity contribution in [2.24, 2.45) is 5.92 Å². The largest absolute Gasteiger partial charge is 0.497 e. The SMILES string of the molecule is COc1ccc2c(c1)O[C@@]1(c3ccc(OC)cc3OCC(=O)c3ccccc3)CCCC[C@H]1C21CCCCC1. The van der Waals surface area contributed by atoms with E-state index >= 15 is 0 Å². The summed E-state index contributed by atoms with van der Waals surface area (Å²) in [6.07, 6.45) is 10.4. The van der Waals surface area contributed by atoms with E-state index in [1.807, 2.05) is 42.5 Å². The van der Waals surface area contributed by atoms with Crippen molar-refractivity contribution in [2.75, 3.05) is 20.8 Å². The Morgan fingerprint density at radius 2 is 1.51 bits per heavy atom. The van der Waals surface area contributed by atoms with Gasteiger partial charge in [-0.3, -0.25) is 4.79 Å². The summed E-state index contributed by atoms with van der Waals surface area (Å²) in [5, 5.41) is 0. The van der Waals surface area contributed by atoms with Crippen molar-refractivity contribution < 1.29 is 23.7 Å². The number of rotatable bonds is 7. The molecule has 2 atom stereocenters. The van der Waals surface area contributed by atoms with E-state index in [1.54, 1.807) is 14.2 Å². The molecule has 0 aromatic heterocycles. The zero-order chi connectivity index (χ0) is 26.9. The van der Waals surface area contributed by atoms with Crippen LogP contribution in [0.3, 0.4) is 0 Å². The molecule has 3 aliphatic rings. The molecule has 2 aliphatic carbocycles. The minimum absolute atomic E-state index is 0.0412. The first-order valence-electron chi connectivity index (χ1n) is 14.4. The van der Waals surface area contributed by atoms with Crippen LogP contribution in [-0.2, 0) is 11.0 Å². The van der Waals surface area contributed by atoms with Gasteiger partial charge in [0.15, 0.2) is 12.4 Å². The molecule has 6 rings (SSSR count). The molecule has 0 saturated heterocycles. The van der Waals surface area contributed by atoms with E-state index in [1.165, 1.54) is 44.1 Å². The summed E-state index contributed by atoms with van der Waals surface area (Å²) >= 11 is 0. The Balaban J connectivity index is 1.46. The molecule has 204 valence electrons. The van der Waals surface area contributed by atoms with Gasteiger partial charge in [-0.15, -0.1) is 0 Å². The Morgan fingerprint density at radius 3 is 2.26 bits per heavy atom. The highest BCUT2D eigenvalue weighted by molar-refractivity contribution is 5.97. The molecule has 2 fully saturated rings. The average Bonchev–Trinajstić information content (AvgIpc) is 3.00. The van der Waals surface area contributed by atoms with Crippen LogP contribution in [-0.4, -0.2) is 26.6 Å². The number of methoxy groups -OCH3 is 2. The molecule has 0 unspecified atom stereocenters. The Labute approximate surface area is 231 Å². The van der Waals surface area contributed by atoms with Crippen LogP contribution in [0.25, 0.3) is 0 Å². The minimum atomic E-state index is -0.549. The molecule has 1 spiro atoms. The molecule has 5 heteroatoms. The Hall–Kier alpha value is -3.47. The van der Waals surface area contributed by atoms with E-state index in [-0.39, 0.29) is 17.8 Å². The molecular weight excluding hydrogens is 488 g/mol. The third-order valence-electron chi connectivity index (χ3n) is 9.38. The summed E-state index contributed by atoms with van der Waals surface area (Å²) in [6.45, 7) is -0.0412. The Bertz CT molecular complexity index is 1330. The highest BCUT2D eigenvalue weighted by Gasteiger charge is 2.59. The van der Waals surface area contributed by atoms with Crippen LogP contribution in [0.15, 0.2) is 66.7 Å². The number of hydrogen-bond donors (Lipinski definition) is 0. The van der Waals surface area contributed by atoms with Crippen molar-refractivity contribution in [1.82, 2.24) is 0 Å². The normalized spacial score (nSPS) is 23.2. The van der Waals surface area contributed by atoms with Crippen molar-refractivity contribution in [3.05, 3.63) is 83.4 Å². The third-order valence-corrected chi connectivity index (χ3v) is 9.38. The standard InChI is InChI=1S/C34H38O5/c1-36-25-15-17-28(30(21-25)38-23-29(35)24-11-5-3-6-12-24)34-20-10-7-13-32(34)33(18-8-4-9-19-33)27-16-14-26(37-2)22-31(27)39-34/h3,5-6,11-12,14-17,21-22,32H,4,7-10,13,18-20,23H2,1-2H3/t32-,34+/m0/s1. The second-order valence-corrected chi connectivity index (χ2v) is 11.3. The lowest BCUT2D eigenvalue weighted by molar-refractivity contribution is -0.0961. The van der Waals surface area contributed by atoms with E-state index in [0.717, 1.165) is 36.3 Å². The molecule has 3 aromatic rings. The lowest BCUT2D eigenvalue weighted by Crippen LogP contribution is -2.57. The van der Waals surface area contributed by atoms with Gasteiger partial charge in [-0.1, -0.05) is 62.1 Å². The van der Waals surface area contributed by atoms with Gasteiger partial charge in [0.25, 0.3) is 0 Å². The van der Waals surface area contributed by atoms with Crippen molar-refractivity contribution in [3.63, 3.8) is 0 Å². The molecule has 0 radical (unpaired) electrons. The first kappa shape index (κ1) is 25.8. The topological polar surface area (TPSA) is 54.0 Å². The van der Waals surface area contributed by atoms with Gasteiger partial charge < -0.3 is 18.9 Å². The zero-order valence-corrected chi connectivity index (χ0v) is 23.0. The van der Waals surface area contributed by atoms with Gasteiger partial charge in [0, 0.05) is 40.2 Å². The Kier molecular flexibility index (Phi) is 7.01. The maximum Gasteiger partial charge on any atom is 0.200 e. The summed E-state index contributed by atoms with van der Waals surface area (Å²) in [7, 11) is 3.37. The van der Waals surface area contributed by atoms with E-state index < -0.39 is 5.60 Å². The lowest BCUT2D eigenvalue weighted by atomic mass is 9.51. The first-order chi connectivity index (χ1) is 19.1. The van der Waals surface area contributed by atoms with Gasteiger partial charge in [0.05, 0.1) is 14.2 Å². The van der Waals surface area contributed by atoms with Gasteiger partial charge in [0.1, 0.15) is 28.6 Å². The molecule has 1 heterocycles. The van der Waals surface area contributed by atoms with E-state index in [9.17, 15) is 4.79 Å². The fourth-order valence-corrected chi connectivity index (χ4v) is 7.62. The maximum atomic E-state index is 13.0. The lowest BCUT2D eigenvalue weighted by Gasteiger charge is -2.58. The smallest absolute Gasteiger partial charge is 0.200 e. The van der Waals surface area contributed by atoms with Crippen LogP contribution in [0.1, 0.15) is 79.3 Å². The monoisotopic (exact) mass is 526 g/mol. The molecule has 0 amide bonds. The van der Waals surface area contributed by atoms with Crippen LogP contribution in [0.4, 0.5) is 0 Å². The molecule has 2 saturated carbocycles. The van der Waals surface area contributed by atoms with E-state index in [0.29, 0.717) is 23.0 Å². The van der Waals surface area contributed by atoms with Crippen LogP contribution >= 0.6 is 0 Å². The average molecular weight is 527 g/mol. The fraction of sp³-hybridized carbons (Fsp3) is 0.441. The van der Waals surface area contributed by atoms with Crippen LogP contribution in [0, 0.1) is 5.92 Å². The quantitative estimate of drug-likeness (QED) is 0.296. The third kappa shape index (κ3) is 4.46. The number of carbonyl (C=O) groups excluding carboxylic acids is 1. The van der Waals surface area contributed by atoms with Crippen molar-refractivity contribution in [3.8, 4) is 23.0 Å². The van der Waals surface area contributed by atoms with E-state index in [4.69, 9.17) is 18.9 Å². The molecule has 3 aromatic carbocycles. The summed E-state index contributed by atoms with van der Waals surface area (Å²) in [4.78, 5) is 13.0. The Morgan fingerprint density at radius 1 is 0.821 bits per heavy atom. The van der Waals surface area contributed by atoms with Gasteiger partial charge in [0.2, 0.25) is 0 Å². The van der Waals surface area contributed by atoms with Gasteiger partial charge in [-0.2, -0.15) is 0 Å². The summed E-state index contributed by atoms with van der Waals surface area (Å²) in [5.41, 5.74) is 2.50. The number of Topliss-reactive ketones (excluding diaryl/α,β-unsaturated/α-hetero) is 1. The first-order valence-corrected chi connectivity index (χ1v) is 14.4. The summed E-state index contributed by atoms with van der Waals surface area (Å²) in [5.74, 6) is 3.38. The fourth-order valence-electron chi connectivity index (χ4n) is 7.62. The zero-order valence-electron chi connectivity index (χ0n) is 23.0. The number of hydrogen-bond acceptors (Lipinski definition) is 5. The molecule has 39 heavy (non-hydrogen) atoms. The van der Waals surface area contributed by atoms with E-state index in [2.05, 4.69) is 24.3 Å². The van der Waals surface area contributed by atoms with Crippen molar-refractivity contribution >= 4 is 5.78 Å². The second kappa shape index (κ2) is 10.6. The van der Waals surface area contributed by atoms with Gasteiger partial charge in [-0.05, 0) is 50.3 Å². The van der Waals surface area contributed by atoms with Crippen LogP contribution < -0.4 is 18.9 Å².